The van der Waals surface area contributed by atoms with Crippen LogP contribution in [0, 0.1) is 5.92 Å². The molecule has 7 heteroatoms. The van der Waals surface area contributed by atoms with Gasteiger partial charge in [0.05, 0.1) is 0 Å². The smallest absolute Gasteiger partial charge is 0.323 e. The summed E-state index contributed by atoms with van der Waals surface area (Å²) in [7, 11) is 3.77. The lowest BCUT2D eigenvalue weighted by Gasteiger charge is -2.23. The van der Waals surface area contributed by atoms with Gasteiger partial charge in [0.15, 0.2) is 0 Å². The highest BCUT2D eigenvalue weighted by Crippen LogP contribution is 2.50. The average molecular weight is 359 g/mol. The molecule has 2 atom stereocenters. The molecule has 0 spiro atoms. The number of aliphatic carboxylic acids is 1. The molecule has 23 heavy (non-hydrogen) atoms. The predicted octanol–water partition coefficient (Wildman–Crippen LogP) is 2.57. The van der Waals surface area contributed by atoms with E-state index in [0.717, 1.165) is 5.56 Å². The number of benzene rings is 1. The molecular weight excluding hydrogens is 339 g/mol. The van der Waals surface area contributed by atoms with Crippen molar-refractivity contribution in [3.05, 3.63) is 33.8 Å². The molecule has 1 aliphatic carbocycles. The van der Waals surface area contributed by atoms with E-state index in [-0.39, 0.29) is 24.3 Å². The number of rotatable bonds is 7. The first-order valence-electron chi connectivity index (χ1n) is 7.40. The molecule has 1 aromatic carbocycles. The van der Waals surface area contributed by atoms with E-state index < -0.39 is 5.97 Å². The zero-order valence-electron chi connectivity index (χ0n) is 13.1. The summed E-state index contributed by atoms with van der Waals surface area (Å²) in [6.45, 7) is 0.748. The Morgan fingerprint density at radius 2 is 1.96 bits per heavy atom. The number of hydrogen-bond donors (Lipinski definition) is 1. The quantitative estimate of drug-likeness (QED) is 0.813. The number of amides is 1. The van der Waals surface area contributed by atoms with Crippen LogP contribution in [0.5, 0.6) is 0 Å². The Labute approximate surface area is 145 Å². The summed E-state index contributed by atoms with van der Waals surface area (Å²) in [5.41, 5.74) is 0.900. The normalized spacial score (nSPS) is 19.7. The van der Waals surface area contributed by atoms with Crippen molar-refractivity contribution in [3.8, 4) is 0 Å². The number of carbonyl (C=O) groups is 2. The largest absolute Gasteiger partial charge is 0.480 e. The van der Waals surface area contributed by atoms with Crippen molar-refractivity contribution in [2.45, 2.75) is 12.3 Å². The molecule has 0 heterocycles. The van der Waals surface area contributed by atoms with E-state index in [2.05, 4.69) is 0 Å². The van der Waals surface area contributed by atoms with Gasteiger partial charge in [-0.1, -0.05) is 29.3 Å². The zero-order valence-corrected chi connectivity index (χ0v) is 14.6. The van der Waals surface area contributed by atoms with Crippen molar-refractivity contribution in [3.63, 3.8) is 0 Å². The lowest BCUT2D eigenvalue weighted by atomic mass is 10.1. The first-order chi connectivity index (χ1) is 10.8. The van der Waals surface area contributed by atoms with Crippen LogP contribution in [0.2, 0.25) is 10.0 Å². The van der Waals surface area contributed by atoms with E-state index in [4.69, 9.17) is 28.3 Å². The van der Waals surface area contributed by atoms with Crippen LogP contribution in [0.1, 0.15) is 17.9 Å². The maximum Gasteiger partial charge on any atom is 0.323 e. The Morgan fingerprint density at radius 1 is 1.26 bits per heavy atom. The summed E-state index contributed by atoms with van der Waals surface area (Å²) in [6, 6.07) is 5.26. The minimum atomic E-state index is -1.00. The van der Waals surface area contributed by atoms with Gasteiger partial charge < -0.3 is 14.9 Å². The number of nitrogens with zero attached hydrogens (tertiary/aromatic N) is 2. The van der Waals surface area contributed by atoms with Gasteiger partial charge in [-0.05, 0) is 44.1 Å². The van der Waals surface area contributed by atoms with Crippen LogP contribution < -0.4 is 0 Å². The maximum absolute atomic E-state index is 12.6. The van der Waals surface area contributed by atoms with Crippen LogP contribution in [0.4, 0.5) is 0 Å². The van der Waals surface area contributed by atoms with Crippen molar-refractivity contribution in [1.29, 1.82) is 0 Å². The highest BCUT2D eigenvalue weighted by Gasteiger charge is 2.46. The topological polar surface area (TPSA) is 60.9 Å². The molecule has 0 aromatic heterocycles. The van der Waals surface area contributed by atoms with Gasteiger partial charge in [0.25, 0.3) is 0 Å². The Kier molecular flexibility index (Phi) is 5.89. The van der Waals surface area contributed by atoms with Gasteiger partial charge in [0.2, 0.25) is 5.91 Å². The number of carbonyl (C=O) groups excluding carboxylic acids is 1. The van der Waals surface area contributed by atoms with Crippen molar-refractivity contribution < 1.29 is 14.7 Å². The molecule has 1 aliphatic rings. The van der Waals surface area contributed by atoms with Crippen LogP contribution in [-0.2, 0) is 9.59 Å². The van der Waals surface area contributed by atoms with Crippen molar-refractivity contribution >= 4 is 35.1 Å². The van der Waals surface area contributed by atoms with Gasteiger partial charge in [0, 0.05) is 29.1 Å². The summed E-state index contributed by atoms with van der Waals surface area (Å²) >= 11 is 12.1. The molecule has 126 valence electrons. The Morgan fingerprint density at radius 3 is 2.52 bits per heavy atom. The Bertz CT molecular complexity index is 607. The highest BCUT2D eigenvalue weighted by molar-refractivity contribution is 6.35. The molecule has 2 unspecified atom stereocenters. The molecule has 1 N–H and O–H groups in total. The third-order valence-corrected chi connectivity index (χ3v) is 4.49. The number of carboxylic acids is 1. The minimum absolute atomic E-state index is 0.0444. The minimum Gasteiger partial charge on any atom is -0.480 e. The number of hydrogen-bond acceptors (Lipinski definition) is 3. The maximum atomic E-state index is 12.6. The van der Waals surface area contributed by atoms with Crippen molar-refractivity contribution in [2.24, 2.45) is 5.92 Å². The molecular formula is C16H20Cl2N2O3. The number of likely N-dealkylation sites (N-methyl/N-ethyl adjacent to an activating group) is 1. The fraction of sp³-hybridized carbons (Fsp3) is 0.500. The van der Waals surface area contributed by atoms with Gasteiger partial charge in [0.1, 0.15) is 6.54 Å². The van der Waals surface area contributed by atoms with Crippen LogP contribution >= 0.6 is 23.2 Å². The van der Waals surface area contributed by atoms with Crippen molar-refractivity contribution in [1.82, 2.24) is 9.80 Å². The Hall–Kier alpha value is -1.30. The lowest BCUT2D eigenvalue weighted by Crippen LogP contribution is -2.41. The fourth-order valence-electron chi connectivity index (χ4n) is 2.60. The van der Waals surface area contributed by atoms with Gasteiger partial charge in [-0.15, -0.1) is 0 Å². The van der Waals surface area contributed by atoms with Gasteiger partial charge in [-0.2, -0.15) is 0 Å². The van der Waals surface area contributed by atoms with E-state index in [1.165, 1.54) is 4.90 Å². The summed E-state index contributed by atoms with van der Waals surface area (Å²) in [5.74, 6) is -1.28. The van der Waals surface area contributed by atoms with Gasteiger partial charge in [-0.25, -0.2) is 0 Å². The second kappa shape index (κ2) is 7.51. The molecule has 2 rings (SSSR count). The number of halogens is 2. The molecule has 1 aromatic rings. The third kappa shape index (κ3) is 4.83. The van der Waals surface area contributed by atoms with E-state index in [0.29, 0.717) is 29.6 Å². The molecule has 5 nitrogen and oxygen atoms in total. The van der Waals surface area contributed by atoms with E-state index >= 15 is 0 Å². The summed E-state index contributed by atoms with van der Waals surface area (Å²) in [4.78, 5) is 26.9. The zero-order chi connectivity index (χ0) is 17.1. The first-order valence-corrected chi connectivity index (χ1v) is 8.15. The summed E-state index contributed by atoms with van der Waals surface area (Å²) < 4.78 is 0. The second-order valence-electron chi connectivity index (χ2n) is 6.07. The van der Waals surface area contributed by atoms with Gasteiger partial charge >= 0.3 is 5.97 Å². The van der Waals surface area contributed by atoms with Crippen LogP contribution in [0.3, 0.4) is 0 Å². The van der Waals surface area contributed by atoms with Crippen LogP contribution in [0.15, 0.2) is 18.2 Å². The molecule has 1 fully saturated rings. The monoisotopic (exact) mass is 358 g/mol. The molecule has 1 amide bonds. The van der Waals surface area contributed by atoms with Crippen LogP contribution in [0.25, 0.3) is 0 Å². The second-order valence-corrected chi connectivity index (χ2v) is 6.91. The standard InChI is InChI=1S/C16H20Cl2N2O3/c1-19(2)5-6-20(9-15(21)22)16(23)13-8-12(13)11-4-3-10(17)7-14(11)18/h3-4,7,12-13H,5-6,8-9H2,1-2H3,(H,21,22). The molecule has 1 saturated carbocycles. The van der Waals surface area contributed by atoms with Crippen molar-refractivity contribution in [2.75, 3.05) is 33.7 Å². The van der Waals surface area contributed by atoms with E-state index in [1.54, 1.807) is 12.1 Å². The molecule has 0 bridgehead atoms. The first kappa shape index (κ1) is 18.0. The molecule has 0 radical (unpaired) electrons. The molecule has 0 aliphatic heterocycles. The summed E-state index contributed by atoms with van der Waals surface area (Å²) in [5, 5.41) is 10.1. The number of carboxylic acid groups (broad SMARTS) is 1. The third-order valence-electron chi connectivity index (χ3n) is 3.92. The summed E-state index contributed by atoms with van der Waals surface area (Å²) in [6.07, 6.45) is 0.693. The van der Waals surface area contributed by atoms with E-state index in [9.17, 15) is 9.59 Å². The average Bonchev–Trinajstić information content (AvgIpc) is 3.22. The van der Waals surface area contributed by atoms with Crippen LogP contribution in [-0.4, -0.2) is 60.5 Å². The Balaban J connectivity index is 2.05. The molecule has 0 saturated heterocycles. The van der Waals surface area contributed by atoms with Gasteiger partial charge in [-0.3, -0.25) is 9.59 Å². The lowest BCUT2D eigenvalue weighted by molar-refractivity contribution is -0.145. The predicted molar refractivity (Wildman–Crippen MR) is 90.1 cm³/mol. The SMILES string of the molecule is CN(C)CCN(CC(=O)O)C(=O)C1CC1c1ccc(Cl)cc1Cl. The highest BCUT2D eigenvalue weighted by atomic mass is 35.5. The fourth-order valence-corrected chi connectivity index (χ4v) is 3.15. The van der Waals surface area contributed by atoms with E-state index in [1.807, 2.05) is 25.1 Å².